The van der Waals surface area contributed by atoms with Gasteiger partial charge in [0, 0.05) is 13.1 Å². The number of hydrogen-bond acceptors (Lipinski definition) is 5. The van der Waals surface area contributed by atoms with Crippen molar-refractivity contribution in [2.45, 2.75) is 24.7 Å². The highest BCUT2D eigenvalue weighted by Crippen LogP contribution is 2.60. The van der Waals surface area contributed by atoms with Gasteiger partial charge in [-0.25, -0.2) is 0 Å². The van der Waals surface area contributed by atoms with E-state index in [4.69, 9.17) is 14.5 Å². The number of rotatable bonds is 7. The fraction of sp³-hybridized carbons (Fsp3) is 0.400. The molecule has 0 aromatic carbocycles. The molecule has 2 atom stereocenters. The Labute approximate surface area is 143 Å². The van der Waals surface area contributed by atoms with Crippen LogP contribution < -0.4 is 5.32 Å². The minimum absolute atomic E-state index is 0.0263. The van der Waals surface area contributed by atoms with E-state index in [1.807, 2.05) is 0 Å². The number of fused-ring (bicyclic) bond motifs is 5. The van der Waals surface area contributed by atoms with E-state index in [-0.39, 0.29) is 37.2 Å². The molecule has 0 fully saturated rings. The maximum Gasteiger partial charge on any atom is 0.325 e. The highest BCUT2D eigenvalue weighted by molar-refractivity contribution is 7.51. The lowest BCUT2D eigenvalue weighted by Gasteiger charge is -2.24. The van der Waals surface area contributed by atoms with Gasteiger partial charge in [-0.2, -0.15) is 0 Å². The third-order valence-electron chi connectivity index (χ3n) is 4.42. The molecule has 1 aromatic heterocycles. The van der Waals surface area contributed by atoms with Crippen molar-refractivity contribution in [3.63, 3.8) is 0 Å². The Hall–Kier alpha value is -2.06. The third kappa shape index (κ3) is 3.00. The Morgan fingerprint density at radius 1 is 1.44 bits per heavy atom. The monoisotopic (exact) mass is 370 g/mol. The van der Waals surface area contributed by atoms with Crippen LogP contribution in [0.4, 0.5) is 0 Å². The molecule has 10 heteroatoms. The number of amides is 1. The van der Waals surface area contributed by atoms with E-state index >= 15 is 0 Å². The van der Waals surface area contributed by atoms with Crippen LogP contribution in [-0.4, -0.2) is 43.2 Å². The summed E-state index contributed by atoms with van der Waals surface area (Å²) in [6.07, 6.45) is 3.43. The molecule has 9 nitrogen and oxygen atoms in total. The molecule has 2 aliphatic rings. The van der Waals surface area contributed by atoms with Crippen molar-refractivity contribution in [3.05, 3.63) is 35.9 Å². The van der Waals surface area contributed by atoms with Gasteiger partial charge in [0.1, 0.15) is 11.7 Å². The second kappa shape index (κ2) is 6.03. The van der Waals surface area contributed by atoms with E-state index in [0.29, 0.717) is 11.1 Å². The number of nitrogens with one attached hydrogen (secondary N) is 1. The maximum absolute atomic E-state index is 11.2. The fourth-order valence-electron chi connectivity index (χ4n) is 3.30. The van der Waals surface area contributed by atoms with E-state index in [1.54, 1.807) is 12.2 Å². The average Bonchev–Trinajstić information content (AvgIpc) is 3.18. The smallest absolute Gasteiger partial charge is 0.325 e. The summed E-state index contributed by atoms with van der Waals surface area (Å²) in [7, 11) is -4.24. The summed E-state index contributed by atoms with van der Waals surface area (Å²) in [5.74, 6) is -0.799. The molecule has 0 aliphatic carbocycles. The molecule has 0 saturated carbocycles. The van der Waals surface area contributed by atoms with E-state index in [2.05, 4.69) is 11.9 Å². The van der Waals surface area contributed by atoms with Crippen molar-refractivity contribution in [1.29, 1.82) is 0 Å². The minimum Gasteiger partial charge on any atom is -0.494 e. The van der Waals surface area contributed by atoms with Crippen molar-refractivity contribution in [2.24, 2.45) is 0 Å². The van der Waals surface area contributed by atoms with Gasteiger partial charge in [-0.05, 0) is 18.6 Å². The Kier molecular flexibility index (Phi) is 4.28. The van der Waals surface area contributed by atoms with Gasteiger partial charge < -0.3 is 30.1 Å². The number of nitrogens with zero attached hydrogens (tertiary/aromatic N) is 1. The van der Waals surface area contributed by atoms with Crippen LogP contribution >= 0.6 is 7.60 Å². The summed E-state index contributed by atoms with van der Waals surface area (Å²) in [6.45, 7) is 3.61. The first-order chi connectivity index (χ1) is 11.7. The van der Waals surface area contributed by atoms with E-state index < -0.39 is 25.5 Å². The Morgan fingerprint density at radius 3 is 2.80 bits per heavy atom. The normalized spacial score (nSPS) is 23.7. The number of carbonyl (C=O) groups excluding carboxylic acids is 1. The van der Waals surface area contributed by atoms with Gasteiger partial charge in [-0.1, -0.05) is 12.7 Å². The largest absolute Gasteiger partial charge is 0.494 e. The number of aromatic nitrogens is 1. The van der Waals surface area contributed by atoms with Crippen LogP contribution in [0.2, 0.25) is 0 Å². The standard InChI is InChI=1S/C15H19N2O7P/c1-2-10(18)16-6-7-17-13(19)11-9-3-4-15(24-9,12(11)14(17)20)5-8-25(21,22)23/h2-4,9,19-20H,1,5-8H2,(H,16,18)(H2,21,22,23). The zero-order valence-electron chi connectivity index (χ0n) is 13.3. The van der Waals surface area contributed by atoms with E-state index in [0.717, 1.165) is 6.08 Å². The Bertz CT molecular complexity index is 809. The molecule has 25 heavy (non-hydrogen) atoms. The van der Waals surface area contributed by atoms with E-state index in [1.165, 1.54) is 4.57 Å². The zero-order valence-corrected chi connectivity index (χ0v) is 14.1. The summed E-state index contributed by atoms with van der Waals surface area (Å²) in [6, 6.07) is 0. The number of ether oxygens (including phenoxy) is 1. The van der Waals surface area contributed by atoms with Crippen LogP contribution in [0, 0.1) is 0 Å². The van der Waals surface area contributed by atoms with Gasteiger partial charge in [-0.15, -0.1) is 0 Å². The molecular weight excluding hydrogens is 351 g/mol. The topological polar surface area (TPSA) is 141 Å². The molecule has 0 saturated heterocycles. The fourth-order valence-corrected chi connectivity index (χ4v) is 3.92. The average molecular weight is 370 g/mol. The minimum atomic E-state index is -4.24. The summed E-state index contributed by atoms with van der Waals surface area (Å²) in [5, 5.41) is 23.5. The molecule has 5 N–H and O–H groups in total. The molecule has 136 valence electrons. The molecule has 0 spiro atoms. The van der Waals surface area contributed by atoms with Crippen LogP contribution in [0.5, 0.6) is 11.8 Å². The van der Waals surface area contributed by atoms with Gasteiger partial charge in [0.05, 0.1) is 17.3 Å². The molecule has 2 unspecified atom stereocenters. The second-order valence-corrected chi connectivity index (χ2v) is 7.78. The lowest BCUT2D eigenvalue weighted by Crippen LogP contribution is -2.25. The summed E-state index contributed by atoms with van der Waals surface area (Å²) in [4.78, 5) is 29.5. The van der Waals surface area contributed by atoms with E-state index in [9.17, 15) is 19.6 Å². The van der Waals surface area contributed by atoms with Crippen molar-refractivity contribution in [3.8, 4) is 11.8 Å². The lowest BCUT2D eigenvalue weighted by molar-refractivity contribution is -0.116. The zero-order chi connectivity index (χ0) is 18.4. The van der Waals surface area contributed by atoms with Gasteiger partial charge >= 0.3 is 7.60 Å². The number of aromatic hydroxyl groups is 2. The number of hydrogen-bond donors (Lipinski definition) is 5. The summed E-state index contributed by atoms with van der Waals surface area (Å²) in [5.41, 5.74) is -0.458. The molecule has 2 aliphatic heterocycles. The molecule has 2 bridgehead atoms. The quantitative estimate of drug-likeness (QED) is 0.269. The SMILES string of the molecule is C=CC(=O)NCCn1c(O)c2c(c1O)C1(CCP(=O)(O)O)C=CC2O1. The molecular formula is C15H19N2O7P. The molecule has 3 rings (SSSR count). The van der Waals surface area contributed by atoms with Crippen LogP contribution in [-0.2, 0) is 26.2 Å². The first kappa shape index (κ1) is 17.8. The lowest BCUT2D eigenvalue weighted by atomic mass is 9.88. The van der Waals surface area contributed by atoms with Crippen LogP contribution in [0.15, 0.2) is 24.8 Å². The van der Waals surface area contributed by atoms with Crippen LogP contribution in [0.1, 0.15) is 23.7 Å². The molecule has 1 aromatic rings. The highest BCUT2D eigenvalue weighted by atomic mass is 31.2. The van der Waals surface area contributed by atoms with Gasteiger partial charge in [0.2, 0.25) is 17.7 Å². The first-order valence-corrected chi connectivity index (χ1v) is 9.45. The predicted octanol–water partition coefficient (Wildman–Crippen LogP) is 0.606. The van der Waals surface area contributed by atoms with Crippen molar-refractivity contribution in [2.75, 3.05) is 12.7 Å². The summed E-state index contributed by atoms with van der Waals surface area (Å²) < 4.78 is 18.2. The van der Waals surface area contributed by atoms with Crippen molar-refractivity contribution >= 4 is 13.5 Å². The molecule has 0 radical (unpaired) electrons. The summed E-state index contributed by atoms with van der Waals surface area (Å²) >= 11 is 0. The van der Waals surface area contributed by atoms with Crippen LogP contribution in [0.25, 0.3) is 0 Å². The maximum atomic E-state index is 11.2. The van der Waals surface area contributed by atoms with Crippen molar-refractivity contribution in [1.82, 2.24) is 9.88 Å². The molecule has 1 amide bonds. The highest BCUT2D eigenvalue weighted by Gasteiger charge is 2.52. The third-order valence-corrected chi connectivity index (χ3v) is 5.23. The van der Waals surface area contributed by atoms with Crippen molar-refractivity contribution < 1.29 is 34.1 Å². The predicted molar refractivity (Wildman–Crippen MR) is 87.1 cm³/mol. The Morgan fingerprint density at radius 2 is 2.16 bits per heavy atom. The number of carbonyl (C=O) groups is 1. The van der Waals surface area contributed by atoms with Gasteiger partial charge in [-0.3, -0.25) is 13.9 Å². The first-order valence-electron chi connectivity index (χ1n) is 7.65. The van der Waals surface area contributed by atoms with Gasteiger partial charge in [0.25, 0.3) is 0 Å². The van der Waals surface area contributed by atoms with Gasteiger partial charge in [0.15, 0.2) is 0 Å². The Balaban J connectivity index is 1.87. The molecule has 3 heterocycles. The van der Waals surface area contributed by atoms with Crippen LogP contribution in [0.3, 0.4) is 0 Å². The second-order valence-electron chi connectivity index (χ2n) is 6.01.